The van der Waals surface area contributed by atoms with Crippen molar-refractivity contribution >= 4 is 28.7 Å². The number of H-pyrrole nitrogens is 1. The van der Waals surface area contributed by atoms with Gasteiger partial charge in [0.2, 0.25) is 0 Å². The Balaban J connectivity index is 1.45. The molecule has 0 unspecified atom stereocenters. The van der Waals surface area contributed by atoms with Gasteiger partial charge in [0.15, 0.2) is 5.65 Å². The number of aromatic amines is 1. The van der Waals surface area contributed by atoms with Gasteiger partial charge in [-0.3, -0.25) is 9.89 Å². The van der Waals surface area contributed by atoms with E-state index in [0.717, 1.165) is 23.8 Å². The molecule has 1 fully saturated rings. The van der Waals surface area contributed by atoms with Crippen molar-refractivity contribution in [2.24, 2.45) is 0 Å². The molecule has 1 aliphatic heterocycles. The van der Waals surface area contributed by atoms with E-state index in [1.54, 1.807) is 17.3 Å². The zero-order chi connectivity index (χ0) is 23.4. The molecule has 1 aromatic carbocycles. The third-order valence-electron chi connectivity index (χ3n) is 5.52. The molecular formula is C24H30N6O3. The SMILES string of the molecule is CC(C)(C)OC(=O)N1CCC(Nc2c(C(=O)NCc3ccccc3)cnc3[nH]ncc23)CC1. The van der Waals surface area contributed by atoms with Gasteiger partial charge in [-0.1, -0.05) is 30.3 Å². The van der Waals surface area contributed by atoms with Gasteiger partial charge in [-0.15, -0.1) is 0 Å². The monoisotopic (exact) mass is 450 g/mol. The summed E-state index contributed by atoms with van der Waals surface area (Å²) in [6.45, 7) is 7.19. The van der Waals surface area contributed by atoms with E-state index in [9.17, 15) is 9.59 Å². The van der Waals surface area contributed by atoms with Crippen LogP contribution in [0.15, 0.2) is 42.7 Å². The van der Waals surface area contributed by atoms with Crippen molar-refractivity contribution in [3.8, 4) is 0 Å². The van der Waals surface area contributed by atoms with E-state index in [-0.39, 0.29) is 18.0 Å². The van der Waals surface area contributed by atoms with Gasteiger partial charge >= 0.3 is 6.09 Å². The van der Waals surface area contributed by atoms with Gasteiger partial charge in [0.1, 0.15) is 5.60 Å². The maximum Gasteiger partial charge on any atom is 0.410 e. The average Bonchev–Trinajstić information content (AvgIpc) is 3.27. The van der Waals surface area contributed by atoms with E-state index < -0.39 is 5.60 Å². The minimum atomic E-state index is -0.516. The molecule has 0 saturated carbocycles. The Morgan fingerprint density at radius 1 is 1.15 bits per heavy atom. The molecule has 0 bridgehead atoms. The normalized spacial score (nSPS) is 14.8. The molecule has 3 N–H and O–H groups in total. The number of carbonyl (C=O) groups excluding carboxylic acids is 2. The van der Waals surface area contributed by atoms with Crippen molar-refractivity contribution < 1.29 is 14.3 Å². The topological polar surface area (TPSA) is 112 Å². The lowest BCUT2D eigenvalue weighted by Gasteiger charge is -2.34. The summed E-state index contributed by atoms with van der Waals surface area (Å²) in [6, 6.07) is 9.86. The number of rotatable bonds is 5. The Morgan fingerprint density at radius 2 is 1.88 bits per heavy atom. The number of amides is 2. The van der Waals surface area contributed by atoms with Crippen LogP contribution < -0.4 is 10.6 Å². The summed E-state index contributed by atoms with van der Waals surface area (Å²) in [6.07, 6.45) is 4.44. The molecule has 2 aromatic heterocycles. The fourth-order valence-electron chi connectivity index (χ4n) is 3.84. The summed E-state index contributed by atoms with van der Waals surface area (Å²) < 4.78 is 5.48. The number of ether oxygens (including phenoxy) is 1. The second kappa shape index (κ2) is 9.48. The van der Waals surface area contributed by atoms with Crippen LogP contribution in [0.25, 0.3) is 11.0 Å². The Morgan fingerprint density at radius 3 is 2.58 bits per heavy atom. The minimum Gasteiger partial charge on any atom is -0.444 e. The predicted octanol–water partition coefficient (Wildman–Crippen LogP) is 3.70. The van der Waals surface area contributed by atoms with Crippen LogP contribution in [0.2, 0.25) is 0 Å². The van der Waals surface area contributed by atoms with Crippen LogP contribution in [0.1, 0.15) is 49.5 Å². The third-order valence-corrected chi connectivity index (χ3v) is 5.52. The van der Waals surface area contributed by atoms with E-state index in [2.05, 4.69) is 25.8 Å². The summed E-state index contributed by atoms with van der Waals surface area (Å²) in [5.74, 6) is -0.205. The number of piperidine rings is 1. The van der Waals surface area contributed by atoms with Gasteiger partial charge in [-0.2, -0.15) is 5.10 Å². The largest absolute Gasteiger partial charge is 0.444 e. The number of hydrogen-bond donors (Lipinski definition) is 3. The van der Waals surface area contributed by atoms with Crippen LogP contribution >= 0.6 is 0 Å². The number of hydrogen-bond acceptors (Lipinski definition) is 6. The van der Waals surface area contributed by atoms with E-state index in [1.807, 2.05) is 51.1 Å². The fourth-order valence-corrected chi connectivity index (χ4v) is 3.84. The molecule has 9 nitrogen and oxygen atoms in total. The molecule has 0 spiro atoms. The van der Waals surface area contributed by atoms with Gasteiger partial charge < -0.3 is 20.3 Å². The van der Waals surface area contributed by atoms with E-state index in [0.29, 0.717) is 36.5 Å². The molecule has 0 aliphatic carbocycles. The lowest BCUT2D eigenvalue weighted by molar-refractivity contribution is 0.0210. The van der Waals surface area contributed by atoms with E-state index in [1.165, 1.54) is 0 Å². The van der Waals surface area contributed by atoms with Gasteiger partial charge in [-0.25, -0.2) is 9.78 Å². The smallest absolute Gasteiger partial charge is 0.410 e. The summed E-state index contributed by atoms with van der Waals surface area (Å²) in [5.41, 5.74) is 2.29. The highest BCUT2D eigenvalue weighted by Gasteiger charge is 2.28. The number of benzene rings is 1. The van der Waals surface area contributed by atoms with E-state index >= 15 is 0 Å². The Kier molecular flexibility index (Phi) is 6.48. The molecule has 1 saturated heterocycles. The molecule has 0 atom stereocenters. The highest BCUT2D eigenvalue weighted by molar-refractivity contribution is 6.06. The van der Waals surface area contributed by atoms with Crippen molar-refractivity contribution in [3.63, 3.8) is 0 Å². The maximum absolute atomic E-state index is 13.0. The van der Waals surface area contributed by atoms with Crippen molar-refractivity contribution in [3.05, 3.63) is 53.9 Å². The van der Waals surface area contributed by atoms with Crippen LogP contribution in [-0.4, -0.2) is 56.8 Å². The number of likely N-dealkylation sites (tertiary alicyclic amines) is 1. The molecule has 33 heavy (non-hydrogen) atoms. The summed E-state index contributed by atoms with van der Waals surface area (Å²) in [5, 5.41) is 14.2. The first-order chi connectivity index (χ1) is 15.8. The summed E-state index contributed by atoms with van der Waals surface area (Å²) >= 11 is 0. The average molecular weight is 451 g/mol. The number of nitrogens with zero attached hydrogens (tertiary/aromatic N) is 3. The lowest BCUT2D eigenvalue weighted by Crippen LogP contribution is -2.44. The zero-order valence-corrected chi connectivity index (χ0v) is 19.2. The van der Waals surface area contributed by atoms with Crippen molar-refractivity contribution in [2.45, 2.75) is 51.8 Å². The lowest BCUT2D eigenvalue weighted by atomic mass is 10.0. The first kappa shape index (κ1) is 22.6. The first-order valence-corrected chi connectivity index (χ1v) is 11.2. The molecule has 2 amide bonds. The van der Waals surface area contributed by atoms with Crippen LogP contribution in [0.3, 0.4) is 0 Å². The summed E-state index contributed by atoms with van der Waals surface area (Å²) in [7, 11) is 0. The Hall–Kier alpha value is -3.62. The second-order valence-electron chi connectivity index (χ2n) is 9.23. The second-order valence-corrected chi connectivity index (χ2v) is 9.23. The van der Waals surface area contributed by atoms with E-state index in [4.69, 9.17) is 4.74 Å². The molecule has 4 rings (SSSR count). The third kappa shape index (κ3) is 5.60. The predicted molar refractivity (Wildman–Crippen MR) is 126 cm³/mol. The van der Waals surface area contributed by atoms with Crippen LogP contribution in [0.4, 0.5) is 10.5 Å². The van der Waals surface area contributed by atoms with Crippen molar-refractivity contribution in [1.82, 2.24) is 25.4 Å². The molecule has 0 radical (unpaired) electrons. The Labute approximate surface area is 192 Å². The molecule has 174 valence electrons. The van der Waals surface area contributed by atoms with Crippen LogP contribution in [-0.2, 0) is 11.3 Å². The van der Waals surface area contributed by atoms with Gasteiger partial charge in [0.25, 0.3) is 5.91 Å². The molecule has 3 aromatic rings. The zero-order valence-electron chi connectivity index (χ0n) is 19.2. The van der Waals surface area contributed by atoms with Crippen LogP contribution in [0, 0.1) is 0 Å². The molecule has 9 heteroatoms. The van der Waals surface area contributed by atoms with Crippen LogP contribution in [0.5, 0.6) is 0 Å². The number of nitrogens with one attached hydrogen (secondary N) is 3. The standard InChI is InChI=1S/C24H30N6O3/c1-24(2,3)33-23(32)30-11-9-17(10-12-30)28-20-18-15-27-29-21(18)25-14-19(20)22(31)26-13-16-7-5-4-6-8-16/h4-8,14-15,17H,9-13H2,1-3H3,(H,26,31)(H2,25,27,28,29). The minimum absolute atomic E-state index is 0.102. The number of fused-ring (bicyclic) bond motifs is 1. The highest BCUT2D eigenvalue weighted by Crippen LogP contribution is 2.28. The summed E-state index contributed by atoms with van der Waals surface area (Å²) in [4.78, 5) is 31.5. The molecule has 3 heterocycles. The molecule has 1 aliphatic rings. The first-order valence-electron chi connectivity index (χ1n) is 11.2. The number of anilines is 1. The Bertz CT molecular complexity index is 1110. The molecular weight excluding hydrogens is 420 g/mol. The quantitative estimate of drug-likeness (QED) is 0.546. The number of pyridine rings is 1. The van der Waals surface area contributed by atoms with Gasteiger partial charge in [0.05, 0.1) is 22.8 Å². The van der Waals surface area contributed by atoms with Gasteiger partial charge in [-0.05, 0) is 39.2 Å². The number of carbonyl (C=O) groups is 2. The highest BCUT2D eigenvalue weighted by atomic mass is 16.6. The maximum atomic E-state index is 13.0. The van der Waals surface area contributed by atoms with Gasteiger partial charge in [0, 0.05) is 31.9 Å². The number of aromatic nitrogens is 3. The van der Waals surface area contributed by atoms with Crippen molar-refractivity contribution in [2.75, 3.05) is 18.4 Å². The fraction of sp³-hybridized carbons (Fsp3) is 0.417. The van der Waals surface area contributed by atoms with Crippen molar-refractivity contribution in [1.29, 1.82) is 0 Å².